The number of aromatic nitrogens is 2. The van der Waals surface area contributed by atoms with Gasteiger partial charge in [-0.2, -0.15) is 9.78 Å². The second-order valence-corrected chi connectivity index (χ2v) is 10.1. The second-order valence-electron chi connectivity index (χ2n) is 10.1. The number of anilines is 2. The lowest BCUT2D eigenvalue weighted by atomic mass is 10.2. The van der Waals surface area contributed by atoms with Crippen LogP contribution in [-0.4, -0.2) is 49.6 Å². The predicted molar refractivity (Wildman–Crippen MR) is 172 cm³/mol. The van der Waals surface area contributed by atoms with Crippen molar-refractivity contribution in [3.8, 4) is 23.1 Å². The number of methoxy groups -OCH3 is 1. The van der Waals surface area contributed by atoms with Crippen LogP contribution in [-0.2, 0) is 4.79 Å². The maximum absolute atomic E-state index is 13.8. The van der Waals surface area contributed by atoms with Crippen molar-refractivity contribution in [3.05, 3.63) is 113 Å². The van der Waals surface area contributed by atoms with Crippen molar-refractivity contribution in [2.24, 2.45) is 5.10 Å². The summed E-state index contributed by atoms with van der Waals surface area (Å²) in [5.74, 6) is 1.31. The van der Waals surface area contributed by atoms with Crippen LogP contribution in [0.1, 0.15) is 5.56 Å². The van der Waals surface area contributed by atoms with Gasteiger partial charge in [-0.05, 0) is 54.6 Å². The Labute approximate surface area is 252 Å². The van der Waals surface area contributed by atoms with Crippen LogP contribution in [0.5, 0.6) is 11.5 Å². The number of carbonyl (C=O) groups excluding carboxylic acids is 1. The van der Waals surface area contributed by atoms with Gasteiger partial charge >= 0.3 is 0 Å². The number of para-hydroxylation sites is 2. The van der Waals surface area contributed by atoms with Gasteiger partial charge in [0.25, 0.3) is 11.5 Å². The van der Waals surface area contributed by atoms with E-state index in [2.05, 4.69) is 10.4 Å². The van der Waals surface area contributed by atoms with Crippen molar-refractivity contribution < 1.29 is 18.7 Å². The average molecular weight is 588 g/mol. The molecule has 0 aliphatic rings. The minimum Gasteiger partial charge on any atom is -0.496 e. The van der Waals surface area contributed by atoms with Crippen molar-refractivity contribution in [1.82, 2.24) is 9.66 Å². The maximum atomic E-state index is 13.8. The number of nitrogens with one attached hydrogen (secondary N) is 1. The van der Waals surface area contributed by atoms with E-state index in [0.717, 1.165) is 11.1 Å². The summed E-state index contributed by atoms with van der Waals surface area (Å²) in [6, 6.07) is 29.0. The SMILES string of the molecule is COc1cccc2oc(-c3nc4ccccc4c(=O)n3N=Cc3ccc(N(C)C)cc3OCC(=O)Nc3ccccc3)cc12. The van der Waals surface area contributed by atoms with Crippen molar-refractivity contribution >= 4 is 45.4 Å². The molecule has 10 heteroatoms. The molecule has 10 nitrogen and oxygen atoms in total. The summed E-state index contributed by atoms with van der Waals surface area (Å²) >= 11 is 0. The molecule has 6 rings (SSSR count). The number of hydrogen-bond donors (Lipinski definition) is 1. The summed E-state index contributed by atoms with van der Waals surface area (Å²) in [6.07, 6.45) is 1.51. The van der Waals surface area contributed by atoms with E-state index in [1.165, 1.54) is 10.9 Å². The van der Waals surface area contributed by atoms with E-state index in [0.29, 0.717) is 45.0 Å². The summed E-state index contributed by atoms with van der Waals surface area (Å²) in [5.41, 5.74) is 2.81. The fourth-order valence-electron chi connectivity index (χ4n) is 4.73. The molecule has 44 heavy (non-hydrogen) atoms. The highest BCUT2D eigenvalue weighted by atomic mass is 16.5. The number of nitrogens with zero attached hydrogens (tertiary/aromatic N) is 4. The van der Waals surface area contributed by atoms with Gasteiger partial charge in [-0.25, -0.2) is 4.98 Å². The molecule has 2 aromatic heterocycles. The zero-order chi connectivity index (χ0) is 30.6. The van der Waals surface area contributed by atoms with E-state index in [1.54, 1.807) is 43.5 Å². The standard InChI is InChI=1S/C34H29N5O5/c1-38(2)24-17-16-22(30(18-24)43-21-32(40)36-23-10-5-4-6-11-23)20-35-39-33(37-27-13-8-7-12-25(27)34(39)41)31-19-26-28(42-3)14-9-15-29(26)44-31/h4-20H,21H2,1-3H3,(H,36,40). The highest BCUT2D eigenvalue weighted by molar-refractivity contribution is 5.92. The van der Waals surface area contributed by atoms with Crippen LogP contribution in [0.15, 0.2) is 111 Å². The van der Waals surface area contributed by atoms with Crippen LogP contribution in [0.4, 0.5) is 11.4 Å². The van der Waals surface area contributed by atoms with Crippen molar-refractivity contribution in [2.45, 2.75) is 0 Å². The third kappa shape index (κ3) is 5.73. The molecule has 6 aromatic rings. The smallest absolute Gasteiger partial charge is 0.282 e. The highest BCUT2D eigenvalue weighted by Gasteiger charge is 2.18. The largest absolute Gasteiger partial charge is 0.496 e. The molecule has 0 bridgehead atoms. The number of carbonyl (C=O) groups is 1. The first-order valence-electron chi connectivity index (χ1n) is 13.8. The van der Waals surface area contributed by atoms with Gasteiger partial charge in [0.1, 0.15) is 17.1 Å². The lowest BCUT2D eigenvalue weighted by molar-refractivity contribution is -0.118. The number of fused-ring (bicyclic) bond motifs is 2. The van der Waals surface area contributed by atoms with Gasteiger partial charge in [0.05, 0.1) is 29.6 Å². The molecule has 0 unspecified atom stereocenters. The molecule has 0 saturated carbocycles. The Morgan fingerprint density at radius 2 is 1.75 bits per heavy atom. The number of furan rings is 1. The van der Waals surface area contributed by atoms with E-state index in [1.807, 2.05) is 79.7 Å². The van der Waals surface area contributed by atoms with Gasteiger partial charge in [-0.3, -0.25) is 9.59 Å². The lowest BCUT2D eigenvalue weighted by Crippen LogP contribution is -2.21. The normalized spacial score (nSPS) is 11.2. The Bertz CT molecular complexity index is 2060. The third-order valence-electron chi connectivity index (χ3n) is 6.96. The Morgan fingerprint density at radius 3 is 2.55 bits per heavy atom. The van der Waals surface area contributed by atoms with E-state index < -0.39 is 0 Å². The molecule has 0 radical (unpaired) electrons. The molecule has 2 heterocycles. The van der Waals surface area contributed by atoms with Crippen LogP contribution in [0.25, 0.3) is 33.5 Å². The van der Waals surface area contributed by atoms with E-state index >= 15 is 0 Å². The monoisotopic (exact) mass is 587 g/mol. The number of amides is 1. The molecular weight excluding hydrogens is 558 g/mol. The Kier molecular flexibility index (Phi) is 7.79. The number of ether oxygens (including phenoxy) is 2. The number of benzene rings is 4. The molecule has 0 atom stereocenters. The quantitative estimate of drug-likeness (QED) is 0.213. The Balaban J connectivity index is 1.40. The number of hydrogen-bond acceptors (Lipinski definition) is 8. The molecule has 0 fully saturated rings. The van der Waals surface area contributed by atoms with E-state index in [4.69, 9.17) is 18.9 Å². The van der Waals surface area contributed by atoms with Crippen molar-refractivity contribution in [3.63, 3.8) is 0 Å². The molecule has 1 N–H and O–H groups in total. The van der Waals surface area contributed by atoms with Gasteiger partial charge in [0.15, 0.2) is 12.4 Å². The molecule has 1 amide bonds. The van der Waals surface area contributed by atoms with Crippen LogP contribution in [0.2, 0.25) is 0 Å². The summed E-state index contributed by atoms with van der Waals surface area (Å²) in [6.45, 7) is -0.226. The van der Waals surface area contributed by atoms with Crippen LogP contribution in [0, 0.1) is 0 Å². The number of rotatable bonds is 9. The molecule has 0 saturated heterocycles. The fraction of sp³-hybridized carbons (Fsp3) is 0.118. The maximum Gasteiger partial charge on any atom is 0.282 e. The summed E-state index contributed by atoms with van der Waals surface area (Å²) in [4.78, 5) is 33.1. The van der Waals surface area contributed by atoms with Gasteiger partial charge in [-0.1, -0.05) is 36.4 Å². The van der Waals surface area contributed by atoms with E-state index in [-0.39, 0.29) is 23.9 Å². The average Bonchev–Trinajstić information content (AvgIpc) is 3.48. The summed E-state index contributed by atoms with van der Waals surface area (Å²) in [5, 5.41) is 8.54. The predicted octanol–water partition coefficient (Wildman–Crippen LogP) is 5.78. The summed E-state index contributed by atoms with van der Waals surface area (Å²) in [7, 11) is 5.40. The van der Waals surface area contributed by atoms with Gasteiger partial charge in [0, 0.05) is 37.1 Å². The molecular formula is C34H29N5O5. The Morgan fingerprint density at radius 1 is 0.955 bits per heavy atom. The molecule has 0 spiro atoms. The van der Waals surface area contributed by atoms with Gasteiger partial charge in [0.2, 0.25) is 5.82 Å². The lowest BCUT2D eigenvalue weighted by Gasteiger charge is -2.16. The van der Waals surface area contributed by atoms with Crippen molar-refractivity contribution in [2.75, 3.05) is 38.0 Å². The topological polar surface area (TPSA) is 111 Å². The first-order valence-corrected chi connectivity index (χ1v) is 13.8. The fourth-order valence-corrected chi connectivity index (χ4v) is 4.73. The third-order valence-corrected chi connectivity index (χ3v) is 6.96. The minimum atomic E-state index is -0.371. The van der Waals surface area contributed by atoms with Crippen LogP contribution >= 0.6 is 0 Å². The highest BCUT2D eigenvalue weighted by Crippen LogP contribution is 2.33. The van der Waals surface area contributed by atoms with Crippen molar-refractivity contribution in [1.29, 1.82) is 0 Å². The van der Waals surface area contributed by atoms with Crippen LogP contribution in [0.3, 0.4) is 0 Å². The van der Waals surface area contributed by atoms with Gasteiger partial charge in [-0.15, -0.1) is 0 Å². The first kappa shape index (κ1) is 28.2. The van der Waals surface area contributed by atoms with Crippen LogP contribution < -0.4 is 25.2 Å². The molecule has 0 aliphatic heterocycles. The first-order chi connectivity index (χ1) is 21.4. The van der Waals surface area contributed by atoms with Gasteiger partial charge < -0.3 is 24.1 Å². The zero-order valence-electron chi connectivity index (χ0n) is 24.4. The summed E-state index contributed by atoms with van der Waals surface area (Å²) < 4.78 is 18.8. The molecule has 4 aromatic carbocycles. The Hall–Kier alpha value is -5.90. The molecule has 220 valence electrons. The molecule has 0 aliphatic carbocycles. The van der Waals surface area contributed by atoms with E-state index in [9.17, 15) is 9.59 Å². The zero-order valence-corrected chi connectivity index (χ0v) is 24.4. The minimum absolute atomic E-state index is 0.220. The second kappa shape index (κ2) is 12.1.